The van der Waals surface area contributed by atoms with E-state index in [1.807, 2.05) is 0 Å². The molecule has 0 spiro atoms. The maximum atomic E-state index is 13.1. The molecule has 14 heteroatoms. The van der Waals surface area contributed by atoms with Crippen LogP contribution >= 0.6 is 34.8 Å². The van der Waals surface area contributed by atoms with Crippen LogP contribution in [0.25, 0.3) is 11.3 Å². The Balaban J connectivity index is 1.74. The molecule has 35 heavy (non-hydrogen) atoms. The third-order valence-corrected chi connectivity index (χ3v) is 6.43. The molecule has 0 aliphatic rings. The second kappa shape index (κ2) is 10.5. The van der Waals surface area contributed by atoms with Gasteiger partial charge >= 0.3 is 6.18 Å². The number of nitrogens with zero attached hydrogens (tertiary/aromatic N) is 2. The molecule has 0 saturated heterocycles. The second-order valence-electron chi connectivity index (χ2n) is 7.05. The van der Waals surface area contributed by atoms with Gasteiger partial charge in [0.1, 0.15) is 18.1 Å². The van der Waals surface area contributed by atoms with E-state index in [4.69, 9.17) is 39.2 Å². The van der Waals surface area contributed by atoms with Gasteiger partial charge in [-0.05, 0) is 48.5 Å². The number of carbonyl (C=O) groups is 1. The second-order valence-corrected chi connectivity index (χ2v) is 10.2. The molecular weight excluding hydrogens is 554 g/mol. The van der Waals surface area contributed by atoms with Crippen LogP contribution in [0.15, 0.2) is 58.0 Å². The molecular formula is C21H15Cl3F3N3O4S. The van der Waals surface area contributed by atoms with Crippen molar-refractivity contribution in [1.29, 1.82) is 0 Å². The maximum absolute atomic E-state index is 13.1. The third kappa shape index (κ3) is 6.91. The van der Waals surface area contributed by atoms with Gasteiger partial charge in [0.2, 0.25) is 10.0 Å². The number of nitrogens with one attached hydrogen (secondary N) is 1. The number of amides is 1. The number of hydrogen-bond acceptors (Lipinski definition) is 5. The molecule has 0 bridgehead atoms. The van der Waals surface area contributed by atoms with Crippen molar-refractivity contribution in [3.05, 3.63) is 74.9 Å². The summed E-state index contributed by atoms with van der Waals surface area (Å²) in [4.78, 5) is 12.3. The van der Waals surface area contributed by atoms with E-state index in [0.717, 1.165) is 18.5 Å². The normalized spacial score (nSPS) is 12.2. The number of hydrazone groups is 1. The number of carbonyl (C=O) groups excluding carboxylic acids is 1. The van der Waals surface area contributed by atoms with E-state index in [9.17, 15) is 26.4 Å². The van der Waals surface area contributed by atoms with E-state index in [-0.39, 0.29) is 10.8 Å². The van der Waals surface area contributed by atoms with Crippen molar-refractivity contribution in [1.82, 2.24) is 5.43 Å². The summed E-state index contributed by atoms with van der Waals surface area (Å²) in [5.41, 5.74) is 1.03. The van der Waals surface area contributed by atoms with Crippen LogP contribution in [-0.4, -0.2) is 33.3 Å². The van der Waals surface area contributed by atoms with E-state index >= 15 is 0 Å². The summed E-state index contributed by atoms with van der Waals surface area (Å²) in [6.45, 7) is -0.874. The molecule has 2 aromatic carbocycles. The van der Waals surface area contributed by atoms with Crippen molar-refractivity contribution in [2.75, 3.05) is 17.1 Å². The number of halogens is 6. The summed E-state index contributed by atoms with van der Waals surface area (Å²) in [5, 5.41) is 4.21. The SMILES string of the molecule is CS(=O)(=O)N(CC(=O)N/N=C\c1ccc(-c2ccc(Cl)cc2Cl)o1)c1cc(C(F)(F)F)ccc1Cl. The number of anilines is 1. The van der Waals surface area contributed by atoms with Crippen LogP contribution in [0.5, 0.6) is 0 Å². The Hall–Kier alpha value is -2.73. The van der Waals surface area contributed by atoms with E-state index < -0.39 is 39.9 Å². The van der Waals surface area contributed by atoms with Gasteiger partial charge in [-0.15, -0.1) is 0 Å². The predicted octanol–water partition coefficient (Wildman–Crippen LogP) is 5.84. The molecule has 1 heterocycles. The minimum Gasteiger partial charge on any atom is -0.455 e. The highest BCUT2D eigenvalue weighted by atomic mass is 35.5. The molecule has 1 amide bonds. The van der Waals surface area contributed by atoms with Gasteiger partial charge in [0.05, 0.1) is 33.8 Å². The maximum Gasteiger partial charge on any atom is 0.416 e. The molecule has 0 atom stereocenters. The highest BCUT2D eigenvalue weighted by Gasteiger charge is 2.33. The first-order valence-electron chi connectivity index (χ1n) is 9.47. The number of hydrogen-bond donors (Lipinski definition) is 1. The first kappa shape index (κ1) is 26.9. The highest BCUT2D eigenvalue weighted by Crippen LogP contribution is 2.36. The van der Waals surface area contributed by atoms with E-state index in [1.165, 1.54) is 0 Å². The lowest BCUT2D eigenvalue weighted by Gasteiger charge is -2.23. The fourth-order valence-electron chi connectivity index (χ4n) is 2.85. The number of benzene rings is 2. The zero-order chi connectivity index (χ0) is 26.0. The van der Waals surface area contributed by atoms with Crippen LogP contribution in [0.1, 0.15) is 11.3 Å². The standard InChI is InChI=1S/C21H15Cl3F3N3O4S/c1-35(32,33)30(18-8-12(21(25,26)27)2-6-16(18)23)11-20(31)29-28-10-14-4-7-19(34-14)15-5-3-13(22)9-17(15)24/h2-10H,11H2,1H3,(H,29,31)/b28-10-. The largest absolute Gasteiger partial charge is 0.455 e. The van der Waals surface area contributed by atoms with Crippen molar-refractivity contribution in [2.45, 2.75) is 6.18 Å². The topological polar surface area (TPSA) is 92.0 Å². The Kier molecular flexibility index (Phi) is 8.05. The Morgan fingerprint density at radius 3 is 2.43 bits per heavy atom. The van der Waals surface area contributed by atoms with Crippen LogP contribution in [-0.2, 0) is 21.0 Å². The van der Waals surface area contributed by atoms with Crippen LogP contribution < -0.4 is 9.73 Å². The van der Waals surface area contributed by atoms with Crippen molar-refractivity contribution in [2.24, 2.45) is 5.10 Å². The van der Waals surface area contributed by atoms with Crippen LogP contribution in [0.4, 0.5) is 18.9 Å². The summed E-state index contributed by atoms with van der Waals surface area (Å²) in [7, 11) is -4.18. The summed E-state index contributed by atoms with van der Waals surface area (Å²) in [6, 6.07) is 10.1. The first-order valence-corrected chi connectivity index (χ1v) is 12.5. The van der Waals surface area contributed by atoms with E-state index in [2.05, 4.69) is 10.5 Å². The third-order valence-electron chi connectivity index (χ3n) is 4.43. The van der Waals surface area contributed by atoms with Crippen molar-refractivity contribution < 1.29 is 30.8 Å². The zero-order valence-corrected chi connectivity index (χ0v) is 20.7. The van der Waals surface area contributed by atoms with Crippen LogP contribution in [0.3, 0.4) is 0 Å². The number of sulfonamides is 1. The molecule has 3 aromatic rings. The Labute approximate surface area is 213 Å². The Morgan fingerprint density at radius 1 is 1.09 bits per heavy atom. The minimum atomic E-state index is -4.74. The Morgan fingerprint density at radius 2 is 1.80 bits per heavy atom. The first-order chi connectivity index (χ1) is 16.3. The lowest BCUT2D eigenvalue weighted by molar-refractivity contribution is -0.137. The minimum absolute atomic E-state index is 0.229. The van der Waals surface area contributed by atoms with Crippen molar-refractivity contribution in [3.63, 3.8) is 0 Å². The summed E-state index contributed by atoms with van der Waals surface area (Å²) in [6.07, 6.45) is -2.87. The van der Waals surface area contributed by atoms with Crippen molar-refractivity contribution in [3.8, 4) is 11.3 Å². The average molecular weight is 569 g/mol. The number of furan rings is 1. The van der Waals surface area contributed by atoms with Gasteiger partial charge < -0.3 is 4.42 Å². The number of alkyl halides is 3. The Bertz CT molecular complexity index is 1390. The lowest BCUT2D eigenvalue weighted by atomic mass is 10.2. The van der Waals surface area contributed by atoms with Gasteiger partial charge in [-0.1, -0.05) is 34.8 Å². The molecule has 0 unspecified atom stereocenters. The van der Waals surface area contributed by atoms with Gasteiger partial charge in [0, 0.05) is 10.6 Å². The van der Waals surface area contributed by atoms with E-state index in [0.29, 0.717) is 37.8 Å². The molecule has 0 aliphatic heterocycles. The summed E-state index contributed by atoms with van der Waals surface area (Å²) >= 11 is 17.9. The fraction of sp³-hybridized carbons (Fsp3) is 0.143. The van der Waals surface area contributed by atoms with Crippen molar-refractivity contribution >= 4 is 62.6 Å². The molecule has 0 radical (unpaired) electrons. The number of rotatable bonds is 7. The van der Waals surface area contributed by atoms with E-state index in [1.54, 1.807) is 30.3 Å². The molecule has 0 saturated carbocycles. The average Bonchev–Trinajstić information content (AvgIpc) is 3.19. The predicted molar refractivity (Wildman–Crippen MR) is 129 cm³/mol. The van der Waals surface area contributed by atoms with Gasteiger partial charge in [0.15, 0.2) is 0 Å². The van der Waals surface area contributed by atoms with Crippen LogP contribution in [0.2, 0.25) is 15.1 Å². The van der Waals surface area contributed by atoms with Gasteiger partial charge in [-0.3, -0.25) is 9.10 Å². The van der Waals surface area contributed by atoms with Crippen LogP contribution in [0, 0.1) is 0 Å². The molecule has 186 valence electrons. The molecule has 7 nitrogen and oxygen atoms in total. The molecule has 1 N–H and O–H groups in total. The summed E-state index contributed by atoms with van der Waals surface area (Å²) < 4.78 is 69.6. The molecule has 3 rings (SSSR count). The van der Waals surface area contributed by atoms with Gasteiger partial charge in [-0.25, -0.2) is 13.8 Å². The lowest BCUT2D eigenvalue weighted by Crippen LogP contribution is -2.39. The monoisotopic (exact) mass is 567 g/mol. The quantitative estimate of drug-likeness (QED) is 0.286. The fourth-order valence-corrected chi connectivity index (χ4v) is 4.48. The zero-order valence-electron chi connectivity index (χ0n) is 17.6. The van der Waals surface area contributed by atoms with Gasteiger partial charge in [-0.2, -0.15) is 18.3 Å². The molecule has 0 fully saturated rings. The molecule has 1 aromatic heterocycles. The van der Waals surface area contributed by atoms with Gasteiger partial charge in [0.25, 0.3) is 5.91 Å². The smallest absolute Gasteiger partial charge is 0.416 e. The highest BCUT2D eigenvalue weighted by molar-refractivity contribution is 7.92. The molecule has 0 aliphatic carbocycles. The summed E-state index contributed by atoms with van der Waals surface area (Å²) in [5.74, 6) is -0.304.